The quantitative estimate of drug-likeness (QED) is 0.434. The number of nitrogens with one attached hydrogen (secondary N) is 1. The van der Waals surface area contributed by atoms with E-state index in [0.717, 1.165) is 24.9 Å². The van der Waals surface area contributed by atoms with Gasteiger partial charge in [0.05, 0.1) is 13.8 Å². The van der Waals surface area contributed by atoms with Crippen molar-refractivity contribution in [3.63, 3.8) is 0 Å². The molecule has 1 N–H and O–H groups in total. The largest absolute Gasteiger partial charge is 0.378 e. The van der Waals surface area contributed by atoms with Gasteiger partial charge >= 0.3 is 0 Å². The summed E-state index contributed by atoms with van der Waals surface area (Å²) in [5.41, 5.74) is 3.11. The lowest BCUT2D eigenvalue weighted by Crippen LogP contribution is -2.16. The summed E-state index contributed by atoms with van der Waals surface area (Å²) in [4.78, 5) is 12.2. The fourth-order valence-corrected chi connectivity index (χ4v) is 4.96. The number of hydrogen-bond donors (Lipinski definition) is 1. The third-order valence-electron chi connectivity index (χ3n) is 3.92. The number of anilines is 1. The Kier molecular flexibility index (Phi) is 4.17. The lowest BCUT2D eigenvalue weighted by molar-refractivity contribution is -0.385. The number of thiophene rings is 1. The number of hydrogen-bond acceptors (Lipinski definition) is 4. The highest BCUT2D eigenvalue weighted by Crippen LogP contribution is 2.39. The van der Waals surface area contributed by atoms with Crippen LogP contribution in [0.15, 0.2) is 24.3 Å². The van der Waals surface area contributed by atoms with E-state index >= 15 is 0 Å². The molecular formula is C15H15IN2O2S. The molecule has 0 saturated heterocycles. The molecule has 6 heteroatoms. The number of nitro benzene ring substituents is 1. The van der Waals surface area contributed by atoms with Crippen molar-refractivity contribution in [2.75, 3.05) is 5.32 Å². The fraction of sp³-hybridized carbons (Fsp3) is 0.333. The summed E-state index contributed by atoms with van der Waals surface area (Å²) >= 11 is 4.22. The molecule has 0 radical (unpaired) electrons. The van der Waals surface area contributed by atoms with Crippen LogP contribution < -0.4 is 5.32 Å². The van der Waals surface area contributed by atoms with E-state index < -0.39 is 0 Å². The average molecular weight is 414 g/mol. The highest BCUT2D eigenvalue weighted by Gasteiger charge is 2.24. The van der Waals surface area contributed by atoms with Gasteiger partial charge in [-0.05, 0) is 66.5 Å². The van der Waals surface area contributed by atoms with E-state index in [1.807, 2.05) is 24.3 Å². The van der Waals surface area contributed by atoms with Gasteiger partial charge in [0.1, 0.15) is 0 Å². The summed E-state index contributed by atoms with van der Waals surface area (Å²) in [6.07, 6.45) is 3.38. The summed E-state index contributed by atoms with van der Waals surface area (Å²) in [7, 11) is 0. The third kappa shape index (κ3) is 2.91. The predicted molar refractivity (Wildman–Crippen MR) is 94.2 cm³/mol. The van der Waals surface area contributed by atoms with E-state index in [9.17, 15) is 10.1 Å². The van der Waals surface area contributed by atoms with Crippen molar-refractivity contribution >= 4 is 45.3 Å². The smallest absolute Gasteiger partial charge is 0.274 e. The van der Waals surface area contributed by atoms with Crippen LogP contribution in [-0.2, 0) is 6.42 Å². The molecule has 0 saturated carbocycles. The Hall–Kier alpha value is -1.15. The number of nitro groups is 1. The zero-order chi connectivity index (χ0) is 15.0. The van der Waals surface area contributed by atoms with Gasteiger partial charge in [0.15, 0.2) is 0 Å². The average Bonchev–Trinajstić information content (AvgIpc) is 2.82. The van der Waals surface area contributed by atoms with Gasteiger partial charge in [-0.15, -0.1) is 11.3 Å². The molecule has 0 bridgehead atoms. The minimum absolute atomic E-state index is 0.177. The van der Waals surface area contributed by atoms with E-state index in [-0.39, 0.29) is 16.7 Å². The van der Waals surface area contributed by atoms with Gasteiger partial charge in [-0.25, -0.2) is 0 Å². The molecule has 0 spiro atoms. The minimum atomic E-state index is -0.319. The van der Waals surface area contributed by atoms with Crippen molar-refractivity contribution in [2.45, 2.75) is 32.2 Å². The molecule has 1 aliphatic rings. The second-order valence-electron chi connectivity index (χ2n) is 5.22. The number of aryl methyl sites for hydroxylation is 1. The summed E-state index contributed by atoms with van der Waals surface area (Å²) < 4.78 is 1.31. The standard InChI is InChI=1S/C15H15IN2O2S/c1-9-11(4-2-6-13(9)18(19)20)17-12-5-3-7-14-10(12)8-15(16)21-14/h2,4,6,8,12,17H,3,5,7H2,1H3. The molecule has 2 aromatic rings. The molecule has 0 aliphatic heterocycles. The van der Waals surface area contributed by atoms with Crippen LogP contribution in [0.25, 0.3) is 0 Å². The lowest BCUT2D eigenvalue weighted by Gasteiger charge is -2.25. The Morgan fingerprint density at radius 2 is 2.29 bits per heavy atom. The van der Waals surface area contributed by atoms with Gasteiger partial charge in [-0.1, -0.05) is 6.07 Å². The van der Waals surface area contributed by atoms with Crippen molar-refractivity contribution in [1.82, 2.24) is 0 Å². The van der Waals surface area contributed by atoms with Crippen molar-refractivity contribution in [1.29, 1.82) is 0 Å². The van der Waals surface area contributed by atoms with E-state index in [0.29, 0.717) is 5.56 Å². The van der Waals surface area contributed by atoms with Crippen LogP contribution in [0.5, 0.6) is 0 Å². The van der Waals surface area contributed by atoms with E-state index in [1.165, 1.54) is 13.3 Å². The fourth-order valence-electron chi connectivity index (χ4n) is 2.84. The number of nitrogens with zero attached hydrogens (tertiary/aromatic N) is 1. The molecule has 1 aromatic carbocycles. The van der Waals surface area contributed by atoms with E-state index in [2.05, 4.69) is 34.0 Å². The molecule has 0 amide bonds. The van der Waals surface area contributed by atoms with Gasteiger partial charge in [0, 0.05) is 22.2 Å². The molecule has 3 rings (SSSR count). The first-order chi connectivity index (χ1) is 10.1. The van der Waals surface area contributed by atoms with Gasteiger partial charge in [0.2, 0.25) is 0 Å². The highest BCUT2D eigenvalue weighted by molar-refractivity contribution is 14.1. The third-order valence-corrected chi connectivity index (χ3v) is 5.89. The van der Waals surface area contributed by atoms with Crippen molar-refractivity contribution in [3.05, 3.63) is 53.3 Å². The molecule has 0 fully saturated rings. The minimum Gasteiger partial charge on any atom is -0.378 e. The zero-order valence-electron chi connectivity index (χ0n) is 11.6. The number of rotatable bonds is 3. The monoisotopic (exact) mass is 414 g/mol. The summed E-state index contributed by atoms with van der Waals surface area (Å²) in [5, 5.41) is 14.6. The molecule has 1 heterocycles. The number of halogens is 1. The van der Waals surface area contributed by atoms with Crippen LogP contribution in [0.1, 0.15) is 34.9 Å². The Bertz CT molecular complexity index is 699. The SMILES string of the molecule is Cc1c(NC2CCCc3sc(I)cc32)cccc1[N+](=O)[O-]. The van der Waals surface area contributed by atoms with Crippen LogP contribution in [0.4, 0.5) is 11.4 Å². The van der Waals surface area contributed by atoms with Crippen LogP contribution in [0.3, 0.4) is 0 Å². The molecule has 21 heavy (non-hydrogen) atoms. The maximum atomic E-state index is 11.0. The Morgan fingerprint density at radius 1 is 1.48 bits per heavy atom. The first-order valence-corrected chi connectivity index (χ1v) is 8.74. The van der Waals surface area contributed by atoms with Gasteiger partial charge in [0.25, 0.3) is 5.69 Å². The summed E-state index contributed by atoms with van der Waals surface area (Å²) in [5.74, 6) is 0. The zero-order valence-corrected chi connectivity index (χ0v) is 14.5. The topological polar surface area (TPSA) is 55.2 Å². The second kappa shape index (κ2) is 5.92. The van der Waals surface area contributed by atoms with Crippen molar-refractivity contribution in [3.8, 4) is 0 Å². The molecule has 110 valence electrons. The van der Waals surface area contributed by atoms with Crippen molar-refractivity contribution in [2.24, 2.45) is 0 Å². The van der Waals surface area contributed by atoms with Crippen LogP contribution in [0, 0.1) is 19.9 Å². The summed E-state index contributed by atoms with van der Waals surface area (Å²) in [6, 6.07) is 7.72. The normalized spacial score (nSPS) is 17.3. The first-order valence-electron chi connectivity index (χ1n) is 6.85. The first kappa shape index (κ1) is 14.8. The van der Waals surface area contributed by atoms with Crippen LogP contribution in [0.2, 0.25) is 0 Å². The van der Waals surface area contributed by atoms with E-state index in [1.54, 1.807) is 12.1 Å². The van der Waals surface area contributed by atoms with Gasteiger partial charge < -0.3 is 5.32 Å². The molecule has 1 atom stereocenters. The second-order valence-corrected chi connectivity index (χ2v) is 8.26. The highest BCUT2D eigenvalue weighted by atomic mass is 127. The molecule has 1 aliphatic carbocycles. The van der Waals surface area contributed by atoms with E-state index in [4.69, 9.17) is 0 Å². The Morgan fingerprint density at radius 3 is 3.05 bits per heavy atom. The Balaban J connectivity index is 1.91. The Labute approximate surface area is 140 Å². The molecular weight excluding hydrogens is 399 g/mol. The summed E-state index contributed by atoms with van der Waals surface area (Å²) in [6.45, 7) is 1.81. The van der Waals surface area contributed by atoms with Crippen molar-refractivity contribution < 1.29 is 4.92 Å². The van der Waals surface area contributed by atoms with Crippen LogP contribution >= 0.6 is 33.9 Å². The predicted octanol–water partition coefficient (Wildman–Crippen LogP) is 5.06. The maximum absolute atomic E-state index is 11.0. The van der Waals surface area contributed by atoms with Crippen LogP contribution in [-0.4, -0.2) is 4.92 Å². The number of benzene rings is 1. The number of fused-ring (bicyclic) bond motifs is 1. The maximum Gasteiger partial charge on any atom is 0.274 e. The van der Waals surface area contributed by atoms with Gasteiger partial charge in [-0.2, -0.15) is 0 Å². The molecule has 1 aromatic heterocycles. The molecule has 4 nitrogen and oxygen atoms in total. The lowest BCUT2D eigenvalue weighted by atomic mass is 9.93. The molecule has 1 unspecified atom stereocenters. The van der Waals surface area contributed by atoms with Gasteiger partial charge in [-0.3, -0.25) is 10.1 Å².